The number of aromatic nitrogens is 2. The van der Waals surface area contributed by atoms with Crippen molar-refractivity contribution in [2.45, 2.75) is 13.3 Å². The number of aromatic amines is 1. The van der Waals surface area contributed by atoms with Crippen LogP contribution >= 0.6 is 0 Å². The summed E-state index contributed by atoms with van der Waals surface area (Å²) in [5.41, 5.74) is 2.67. The first-order valence-corrected chi connectivity index (χ1v) is 6.25. The second-order valence-electron chi connectivity index (χ2n) is 4.32. The van der Waals surface area contributed by atoms with Gasteiger partial charge in [-0.2, -0.15) is 0 Å². The zero-order chi connectivity index (χ0) is 13.7. The van der Waals surface area contributed by atoms with Crippen LogP contribution in [0.1, 0.15) is 21.7 Å². The molecule has 0 fully saturated rings. The Bertz CT molecular complexity index is 549. The third kappa shape index (κ3) is 3.34. The molecule has 19 heavy (non-hydrogen) atoms. The number of amides is 1. The van der Waals surface area contributed by atoms with Gasteiger partial charge in [0.2, 0.25) is 0 Å². The van der Waals surface area contributed by atoms with Crippen molar-refractivity contribution in [2.24, 2.45) is 0 Å². The van der Waals surface area contributed by atoms with E-state index in [0.29, 0.717) is 18.5 Å². The predicted molar refractivity (Wildman–Crippen MR) is 75.4 cm³/mol. The zero-order valence-corrected chi connectivity index (χ0v) is 11.2. The van der Waals surface area contributed by atoms with Crippen molar-refractivity contribution in [3.05, 3.63) is 47.5 Å². The maximum atomic E-state index is 12.0. The largest absolute Gasteiger partial charge is 0.388 e. The second kappa shape index (κ2) is 6.04. The minimum atomic E-state index is -0.0493. The molecule has 100 valence electrons. The van der Waals surface area contributed by atoms with E-state index in [-0.39, 0.29) is 5.91 Å². The summed E-state index contributed by atoms with van der Waals surface area (Å²) < 4.78 is 0. The minimum Gasteiger partial charge on any atom is -0.388 e. The fourth-order valence-corrected chi connectivity index (χ4v) is 1.90. The summed E-state index contributed by atoms with van der Waals surface area (Å²) in [6.45, 7) is 2.50. The number of hydrogen-bond donors (Lipinski definition) is 3. The Labute approximate surface area is 112 Å². The lowest BCUT2D eigenvalue weighted by Gasteiger charge is -2.09. The van der Waals surface area contributed by atoms with Crippen molar-refractivity contribution in [3.63, 3.8) is 0 Å². The Kier molecular flexibility index (Phi) is 4.18. The summed E-state index contributed by atoms with van der Waals surface area (Å²) in [7, 11) is 1.86. The van der Waals surface area contributed by atoms with E-state index in [2.05, 4.69) is 20.6 Å². The third-order valence-electron chi connectivity index (χ3n) is 2.96. The first-order valence-electron chi connectivity index (χ1n) is 6.25. The molecule has 1 aromatic heterocycles. The van der Waals surface area contributed by atoms with Crippen LogP contribution in [0.4, 0.5) is 5.69 Å². The number of nitrogens with one attached hydrogen (secondary N) is 3. The topological polar surface area (TPSA) is 69.8 Å². The summed E-state index contributed by atoms with van der Waals surface area (Å²) >= 11 is 0. The number of anilines is 1. The highest BCUT2D eigenvalue weighted by Gasteiger charge is 2.08. The van der Waals surface area contributed by atoms with Crippen LogP contribution < -0.4 is 10.6 Å². The number of nitrogens with zero attached hydrogens (tertiary/aromatic N) is 1. The number of carbonyl (C=O) groups excluding carboxylic acids is 1. The van der Waals surface area contributed by atoms with E-state index in [1.54, 1.807) is 12.4 Å². The number of benzene rings is 1. The fourth-order valence-electron chi connectivity index (χ4n) is 1.90. The standard InChI is InChI=1S/C14H18N4O/c1-10-9-11(15-2)3-4-12(10)14(19)18-6-5-13-16-7-8-17-13/h3-4,7-9,15H,5-6H2,1-2H3,(H,16,17)(H,18,19). The number of aryl methyl sites for hydroxylation is 1. The first-order chi connectivity index (χ1) is 9.20. The first kappa shape index (κ1) is 13.1. The van der Waals surface area contributed by atoms with Crippen LogP contribution in [-0.4, -0.2) is 29.5 Å². The summed E-state index contributed by atoms with van der Waals surface area (Å²) in [6, 6.07) is 5.69. The average Bonchev–Trinajstić information content (AvgIpc) is 2.91. The van der Waals surface area contributed by atoms with Gasteiger partial charge in [0.15, 0.2) is 0 Å². The van der Waals surface area contributed by atoms with Crippen molar-refractivity contribution in [3.8, 4) is 0 Å². The van der Waals surface area contributed by atoms with E-state index in [4.69, 9.17) is 0 Å². The van der Waals surface area contributed by atoms with Gasteiger partial charge in [0.25, 0.3) is 5.91 Å². The number of rotatable bonds is 5. The molecule has 0 unspecified atom stereocenters. The van der Waals surface area contributed by atoms with Crippen LogP contribution in [0, 0.1) is 6.92 Å². The average molecular weight is 258 g/mol. The number of imidazole rings is 1. The van der Waals surface area contributed by atoms with Crippen molar-refractivity contribution >= 4 is 11.6 Å². The highest BCUT2D eigenvalue weighted by molar-refractivity contribution is 5.96. The molecule has 1 heterocycles. The van der Waals surface area contributed by atoms with Gasteiger partial charge >= 0.3 is 0 Å². The van der Waals surface area contributed by atoms with Crippen molar-refractivity contribution in [1.82, 2.24) is 15.3 Å². The normalized spacial score (nSPS) is 10.2. The van der Waals surface area contributed by atoms with E-state index in [9.17, 15) is 4.79 Å². The molecule has 5 heteroatoms. The van der Waals surface area contributed by atoms with Crippen LogP contribution in [0.5, 0.6) is 0 Å². The number of carbonyl (C=O) groups is 1. The van der Waals surface area contributed by atoms with Gasteiger partial charge < -0.3 is 15.6 Å². The Morgan fingerprint density at radius 3 is 2.89 bits per heavy atom. The Hall–Kier alpha value is -2.30. The lowest BCUT2D eigenvalue weighted by molar-refractivity contribution is 0.0953. The quantitative estimate of drug-likeness (QED) is 0.765. The zero-order valence-electron chi connectivity index (χ0n) is 11.2. The predicted octanol–water partition coefficient (Wildman–Crippen LogP) is 1.73. The molecule has 0 saturated carbocycles. The SMILES string of the molecule is CNc1ccc(C(=O)NCCc2ncc[nH]2)c(C)c1. The highest BCUT2D eigenvalue weighted by Crippen LogP contribution is 2.14. The van der Waals surface area contributed by atoms with E-state index in [0.717, 1.165) is 17.1 Å². The molecule has 0 spiro atoms. The molecule has 0 aliphatic carbocycles. The molecule has 0 aliphatic heterocycles. The van der Waals surface area contributed by atoms with Crippen molar-refractivity contribution < 1.29 is 4.79 Å². The highest BCUT2D eigenvalue weighted by atomic mass is 16.1. The number of hydrogen-bond acceptors (Lipinski definition) is 3. The molecule has 0 radical (unpaired) electrons. The van der Waals surface area contributed by atoms with Crippen LogP contribution in [-0.2, 0) is 6.42 Å². The smallest absolute Gasteiger partial charge is 0.251 e. The maximum Gasteiger partial charge on any atom is 0.251 e. The molecule has 0 atom stereocenters. The van der Waals surface area contributed by atoms with E-state index < -0.39 is 0 Å². The van der Waals surface area contributed by atoms with Gasteiger partial charge in [0, 0.05) is 43.7 Å². The van der Waals surface area contributed by atoms with Gasteiger partial charge in [-0.3, -0.25) is 4.79 Å². The summed E-state index contributed by atoms with van der Waals surface area (Å²) in [4.78, 5) is 19.1. The lowest BCUT2D eigenvalue weighted by atomic mass is 10.1. The van der Waals surface area contributed by atoms with Crippen LogP contribution in [0.3, 0.4) is 0 Å². The molecule has 0 aliphatic rings. The van der Waals surface area contributed by atoms with E-state index >= 15 is 0 Å². The van der Waals surface area contributed by atoms with Crippen LogP contribution in [0.2, 0.25) is 0 Å². The summed E-state index contributed by atoms with van der Waals surface area (Å²) in [5, 5.41) is 5.95. The molecule has 0 bridgehead atoms. The Morgan fingerprint density at radius 1 is 1.42 bits per heavy atom. The monoisotopic (exact) mass is 258 g/mol. The van der Waals surface area contributed by atoms with Gasteiger partial charge in [-0.1, -0.05) is 0 Å². The van der Waals surface area contributed by atoms with Crippen LogP contribution in [0.15, 0.2) is 30.6 Å². The summed E-state index contributed by atoms with van der Waals surface area (Å²) in [5.74, 6) is 0.828. The molecular weight excluding hydrogens is 240 g/mol. The minimum absolute atomic E-state index is 0.0493. The lowest BCUT2D eigenvalue weighted by Crippen LogP contribution is -2.26. The van der Waals surface area contributed by atoms with Gasteiger partial charge in [0.05, 0.1) is 0 Å². The number of H-pyrrole nitrogens is 1. The third-order valence-corrected chi connectivity index (χ3v) is 2.96. The molecule has 5 nitrogen and oxygen atoms in total. The molecule has 0 saturated heterocycles. The van der Waals surface area contributed by atoms with Crippen molar-refractivity contribution in [1.29, 1.82) is 0 Å². The van der Waals surface area contributed by atoms with E-state index in [1.165, 1.54) is 0 Å². The fraction of sp³-hybridized carbons (Fsp3) is 0.286. The Morgan fingerprint density at radius 2 is 2.26 bits per heavy atom. The van der Waals surface area contributed by atoms with Gasteiger partial charge in [-0.25, -0.2) is 4.98 Å². The Balaban J connectivity index is 1.92. The maximum absolute atomic E-state index is 12.0. The second-order valence-corrected chi connectivity index (χ2v) is 4.32. The van der Waals surface area contributed by atoms with Gasteiger partial charge in [-0.05, 0) is 30.7 Å². The van der Waals surface area contributed by atoms with Crippen LogP contribution in [0.25, 0.3) is 0 Å². The molecule has 1 amide bonds. The molecule has 3 N–H and O–H groups in total. The summed E-state index contributed by atoms with van der Waals surface area (Å²) in [6.07, 6.45) is 4.18. The molecular formula is C14H18N4O. The van der Waals surface area contributed by atoms with Gasteiger partial charge in [0.1, 0.15) is 5.82 Å². The molecule has 1 aromatic carbocycles. The van der Waals surface area contributed by atoms with Gasteiger partial charge in [-0.15, -0.1) is 0 Å². The molecule has 2 rings (SSSR count). The van der Waals surface area contributed by atoms with E-state index in [1.807, 2.05) is 32.2 Å². The van der Waals surface area contributed by atoms with Crippen molar-refractivity contribution in [2.75, 3.05) is 18.9 Å². The molecule has 2 aromatic rings.